The second-order valence-electron chi connectivity index (χ2n) is 7.35. The summed E-state index contributed by atoms with van der Waals surface area (Å²) in [5.41, 5.74) is 1.57. The smallest absolute Gasteiger partial charge is 0.265 e. The van der Waals surface area contributed by atoms with Crippen molar-refractivity contribution in [3.63, 3.8) is 0 Å². The highest BCUT2D eigenvalue weighted by atomic mass is 32.2. The van der Waals surface area contributed by atoms with Gasteiger partial charge in [-0.25, -0.2) is 13.9 Å². The Labute approximate surface area is 154 Å². The molecule has 0 aromatic heterocycles. The van der Waals surface area contributed by atoms with Crippen molar-refractivity contribution >= 4 is 15.7 Å². The van der Waals surface area contributed by atoms with E-state index in [0.29, 0.717) is 18.6 Å². The maximum Gasteiger partial charge on any atom is 0.265 e. The van der Waals surface area contributed by atoms with Gasteiger partial charge in [0.15, 0.2) is 14.6 Å². The molecule has 1 aromatic rings. The predicted molar refractivity (Wildman–Crippen MR) is 96.9 cm³/mol. The van der Waals surface area contributed by atoms with Crippen LogP contribution in [0.3, 0.4) is 0 Å². The number of hydrogen-bond donors (Lipinski definition) is 2. The molecule has 0 radical (unpaired) electrons. The summed E-state index contributed by atoms with van der Waals surface area (Å²) >= 11 is 0. The molecule has 2 fully saturated rings. The van der Waals surface area contributed by atoms with Crippen molar-refractivity contribution in [1.29, 1.82) is 0 Å². The first-order valence-corrected chi connectivity index (χ1v) is 10.9. The highest BCUT2D eigenvalue weighted by molar-refractivity contribution is 7.93. The molecule has 2 aliphatic carbocycles. The summed E-state index contributed by atoms with van der Waals surface area (Å²) in [7, 11) is -3.91. The lowest BCUT2D eigenvalue weighted by Crippen LogP contribution is -2.52. The Kier molecular flexibility index (Phi) is 5.87. The normalized spacial score (nSPS) is 21.1. The first-order valence-electron chi connectivity index (χ1n) is 9.45. The van der Waals surface area contributed by atoms with Crippen molar-refractivity contribution in [2.45, 2.75) is 80.0 Å². The number of hydrogen-bond acceptors (Lipinski definition) is 5. The number of ether oxygens (including phenoxy) is 1. The Morgan fingerprint density at radius 2 is 1.58 bits per heavy atom. The Morgan fingerprint density at radius 3 is 2.15 bits per heavy atom. The number of amides is 1. The van der Waals surface area contributed by atoms with Gasteiger partial charge in [0.2, 0.25) is 0 Å². The first-order chi connectivity index (χ1) is 12.5. The SMILES string of the molecule is O=C(NO)C1(S(=O)(=O)c2ccc(OC3CCCCC3)cc2)CCCCC1. The molecule has 0 bridgehead atoms. The predicted octanol–water partition coefficient (Wildman–Crippen LogP) is 3.38. The number of hydroxylamine groups is 1. The van der Waals surface area contributed by atoms with E-state index in [1.54, 1.807) is 17.6 Å². The minimum Gasteiger partial charge on any atom is -0.490 e. The Balaban J connectivity index is 1.82. The average molecular weight is 381 g/mol. The maximum absolute atomic E-state index is 13.2. The van der Waals surface area contributed by atoms with E-state index < -0.39 is 20.5 Å². The van der Waals surface area contributed by atoms with Gasteiger partial charge in [-0.1, -0.05) is 25.7 Å². The van der Waals surface area contributed by atoms with Crippen molar-refractivity contribution in [3.8, 4) is 5.75 Å². The molecule has 1 aromatic carbocycles. The summed E-state index contributed by atoms with van der Waals surface area (Å²) in [6.07, 6.45) is 8.45. The average Bonchev–Trinajstić information content (AvgIpc) is 2.69. The van der Waals surface area contributed by atoms with Gasteiger partial charge >= 0.3 is 0 Å². The minimum absolute atomic E-state index is 0.0963. The highest BCUT2D eigenvalue weighted by Crippen LogP contribution is 2.39. The summed E-state index contributed by atoms with van der Waals surface area (Å²) in [5.74, 6) is -0.181. The molecule has 0 unspecified atom stereocenters. The molecular formula is C19H27NO5S. The van der Waals surface area contributed by atoms with Crippen LogP contribution in [0.5, 0.6) is 5.75 Å². The first kappa shape index (κ1) is 19.2. The van der Waals surface area contributed by atoms with Crippen LogP contribution < -0.4 is 10.2 Å². The standard InChI is InChI=1S/C19H27NO5S/c21-18(20-22)19(13-5-2-6-14-19)26(23,24)17-11-9-16(10-12-17)25-15-7-3-1-4-8-15/h9-12,15,22H,1-8,13-14H2,(H,20,21). The number of nitrogens with one attached hydrogen (secondary N) is 1. The zero-order chi connectivity index (χ0) is 18.6. The van der Waals surface area contributed by atoms with Crippen LogP contribution in [-0.4, -0.2) is 30.4 Å². The van der Waals surface area contributed by atoms with Gasteiger partial charge in [-0.3, -0.25) is 10.0 Å². The molecule has 2 aliphatic rings. The monoisotopic (exact) mass is 381 g/mol. The quantitative estimate of drug-likeness (QED) is 0.602. The Morgan fingerprint density at radius 1 is 1.00 bits per heavy atom. The van der Waals surface area contributed by atoms with Crippen molar-refractivity contribution in [2.75, 3.05) is 0 Å². The van der Waals surface area contributed by atoms with Crippen LogP contribution in [-0.2, 0) is 14.6 Å². The molecule has 0 heterocycles. The summed E-state index contributed by atoms with van der Waals surface area (Å²) in [6.45, 7) is 0. The lowest BCUT2D eigenvalue weighted by molar-refractivity contribution is -0.132. The molecule has 0 atom stereocenters. The molecule has 3 rings (SSSR count). The van der Waals surface area contributed by atoms with Crippen LogP contribution in [0.25, 0.3) is 0 Å². The fourth-order valence-corrected chi connectivity index (χ4v) is 6.20. The molecule has 2 saturated carbocycles. The maximum atomic E-state index is 13.2. The summed E-state index contributed by atoms with van der Waals surface area (Å²) in [6, 6.07) is 6.34. The van der Waals surface area contributed by atoms with Gasteiger partial charge in [0.25, 0.3) is 5.91 Å². The van der Waals surface area contributed by atoms with Crippen LogP contribution in [0.15, 0.2) is 29.2 Å². The Hall–Kier alpha value is -1.60. The van der Waals surface area contributed by atoms with E-state index in [1.165, 1.54) is 18.6 Å². The van der Waals surface area contributed by atoms with Gasteiger partial charge in [-0.15, -0.1) is 0 Å². The fourth-order valence-electron chi connectivity index (χ4n) is 4.14. The van der Waals surface area contributed by atoms with E-state index in [9.17, 15) is 13.2 Å². The largest absolute Gasteiger partial charge is 0.490 e. The fraction of sp³-hybridized carbons (Fsp3) is 0.632. The molecule has 0 saturated heterocycles. The zero-order valence-corrected chi connectivity index (χ0v) is 15.8. The number of carbonyl (C=O) groups excluding carboxylic acids is 1. The Bertz CT molecular complexity index is 717. The van der Waals surface area contributed by atoms with Crippen LogP contribution in [0, 0.1) is 0 Å². The van der Waals surface area contributed by atoms with Gasteiger partial charge < -0.3 is 4.74 Å². The number of benzene rings is 1. The molecule has 144 valence electrons. The minimum atomic E-state index is -3.91. The molecule has 2 N–H and O–H groups in total. The van der Waals surface area contributed by atoms with Gasteiger partial charge in [-0.2, -0.15) is 0 Å². The van der Waals surface area contributed by atoms with Crippen molar-refractivity contribution in [2.24, 2.45) is 0 Å². The third-order valence-corrected chi connectivity index (χ3v) is 8.20. The third-order valence-electron chi connectivity index (χ3n) is 5.68. The van der Waals surface area contributed by atoms with Crippen molar-refractivity contribution < 1.29 is 23.2 Å². The third kappa shape index (κ3) is 3.60. The zero-order valence-electron chi connectivity index (χ0n) is 14.9. The number of carbonyl (C=O) groups is 1. The van der Waals surface area contributed by atoms with Gasteiger partial charge in [0.1, 0.15) is 5.75 Å². The van der Waals surface area contributed by atoms with Crippen LogP contribution in [0.2, 0.25) is 0 Å². The molecule has 7 heteroatoms. The molecule has 1 amide bonds. The molecule has 0 spiro atoms. The van der Waals surface area contributed by atoms with E-state index in [-0.39, 0.29) is 23.8 Å². The topological polar surface area (TPSA) is 92.7 Å². The van der Waals surface area contributed by atoms with E-state index in [4.69, 9.17) is 9.94 Å². The molecule has 0 aliphatic heterocycles. The van der Waals surface area contributed by atoms with Crippen molar-refractivity contribution in [1.82, 2.24) is 5.48 Å². The van der Waals surface area contributed by atoms with E-state index in [1.807, 2.05) is 0 Å². The van der Waals surface area contributed by atoms with E-state index in [2.05, 4.69) is 0 Å². The summed E-state index contributed by atoms with van der Waals surface area (Å²) in [5, 5.41) is 9.10. The molecule has 6 nitrogen and oxygen atoms in total. The summed E-state index contributed by atoms with van der Waals surface area (Å²) < 4.78 is 30.8. The summed E-state index contributed by atoms with van der Waals surface area (Å²) in [4.78, 5) is 12.4. The lowest BCUT2D eigenvalue weighted by atomic mass is 9.88. The van der Waals surface area contributed by atoms with Gasteiger partial charge in [0.05, 0.1) is 11.0 Å². The van der Waals surface area contributed by atoms with Gasteiger partial charge in [0, 0.05) is 0 Å². The molecule has 26 heavy (non-hydrogen) atoms. The number of sulfone groups is 1. The molecular weight excluding hydrogens is 354 g/mol. The van der Waals surface area contributed by atoms with Crippen LogP contribution in [0.1, 0.15) is 64.2 Å². The van der Waals surface area contributed by atoms with Crippen molar-refractivity contribution in [3.05, 3.63) is 24.3 Å². The lowest BCUT2D eigenvalue weighted by Gasteiger charge is -2.34. The van der Waals surface area contributed by atoms with E-state index in [0.717, 1.165) is 32.1 Å². The number of rotatable bonds is 5. The second kappa shape index (κ2) is 7.96. The highest BCUT2D eigenvalue weighted by Gasteiger charge is 2.51. The second-order valence-corrected chi connectivity index (χ2v) is 9.61. The van der Waals surface area contributed by atoms with E-state index >= 15 is 0 Å². The van der Waals surface area contributed by atoms with Gasteiger partial charge in [-0.05, 0) is 62.8 Å². The van der Waals surface area contributed by atoms with Crippen LogP contribution >= 0.6 is 0 Å². The van der Waals surface area contributed by atoms with Crippen LogP contribution in [0.4, 0.5) is 0 Å².